The molecule has 3 rings (SSSR count). The number of urea groups is 1. The van der Waals surface area contributed by atoms with E-state index in [0.29, 0.717) is 23.7 Å². The van der Waals surface area contributed by atoms with Crippen molar-refractivity contribution >= 4 is 23.5 Å². The fourth-order valence-corrected chi connectivity index (χ4v) is 2.96. The molecule has 1 aromatic rings. The predicted octanol–water partition coefficient (Wildman–Crippen LogP) is 1.51. The molecule has 2 saturated heterocycles. The van der Waals surface area contributed by atoms with Gasteiger partial charge in [0, 0.05) is 11.6 Å². The van der Waals surface area contributed by atoms with Crippen LogP contribution in [0.4, 0.5) is 4.79 Å². The smallest absolute Gasteiger partial charge is 0.327 e. The second-order valence-electron chi connectivity index (χ2n) is 5.50. The molecule has 0 unspecified atom stereocenters. The molecular weight excluding hydrogens is 308 g/mol. The first-order chi connectivity index (χ1) is 10.6. The van der Waals surface area contributed by atoms with E-state index in [1.165, 1.54) is 0 Å². The molecule has 0 bridgehead atoms. The molecule has 0 radical (unpaired) electrons. The van der Waals surface area contributed by atoms with Gasteiger partial charge in [-0.1, -0.05) is 11.6 Å². The standard InChI is InChI=1S/C15H17ClN2O4/c16-10-3-5-12(6-4-10)22-9-11(19)8-18-14(20)13-2-1-7-17(13)15(18)21/h3-6,11,13,19H,1-2,7-9H2/t11-,13-/m1/s1. The summed E-state index contributed by atoms with van der Waals surface area (Å²) in [6.45, 7) is 0.574. The normalized spacial score (nSPS) is 22.2. The highest BCUT2D eigenvalue weighted by molar-refractivity contribution is 6.30. The monoisotopic (exact) mass is 324 g/mol. The molecule has 6 nitrogen and oxygen atoms in total. The fraction of sp³-hybridized carbons (Fsp3) is 0.467. The molecule has 2 heterocycles. The average Bonchev–Trinajstić information content (AvgIpc) is 3.07. The van der Waals surface area contributed by atoms with Crippen LogP contribution in [0, 0.1) is 0 Å². The van der Waals surface area contributed by atoms with Crippen LogP contribution >= 0.6 is 11.6 Å². The molecular formula is C15H17ClN2O4. The number of hydrogen-bond donors (Lipinski definition) is 1. The summed E-state index contributed by atoms with van der Waals surface area (Å²) in [6, 6.07) is 6.11. The quantitative estimate of drug-likeness (QED) is 0.833. The van der Waals surface area contributed by atoms with E-state index in [1.54, 1.807) is 29.2 Å². The van der Waals surface area contributed by atoms with Gasteiger partial charge in [0.1, 0.15) is 24.5 Å². The molecule has 0 saturated carbocycles. The number of aliphatic hydroxyl groups is 1. The number of carbonyl (C=O) groups excluding carboxylic acids is 2. The van der Waals surface area contributed by atoms with E-state index >= 15 is 0 Å². The Morgan fingerprint density at radius 3 is 2.73 bits per heavy atom. The van der Waals surface area contributed by atoms with Gasteiger partial charge in [0.2, 0.25) is 0 Å². The summed E-state index contributed by atoms with van der Waals surface area (Å²) in [4.78, 5) is 27.0. The van der Waals surface area contributed by atoms with Crippen LogP contribution in [0.3, 0.4) is 0 Å². The van der Waals surface area contributed by atoms with Crippen molar-refractivity contribution < 1.29 is 19.4 Å². The number of amides is 3. The highest BCUT2D eigenvalue weighted by Crippen LogP contribution is 2.27. The largest absolute Gasteiger partial charge is 0.491 e. The van der Waals surface area contributed by atoms with Crippen molar-refractivity contribution in [2.75, 3.05) is 19.7 Å². The molecule has 118 valence electrons. The lowest BCUT2D eigenvalue weighted by Crippen LogP contribution is -2.41. The van der Waals surface area contributed by atoms with E-state index in [0.717, 1.165) is 11.3 Å². The minimum atomic E-state index is -0.927. The van der Waals surface area contributed by atoms with Crippen LogP contribution in [0.1, 0.15) is 12.8 Å². The highest BCUT2D eigenvalue weighted by atomic mass is 35.5. The number of hydrogen-bond acceptors (Lipinski definition) is 4. The number of halogens is 1. The second kappa shape index (κ2) is 6.14. The number of nitrogens with zero attached hydrogens (tertiary/aromatic N) is 2. The number of imide groups is 1. The lowest BCUT2D eigenvalue weighted by atomic mass is 10.2. The van der Waals surface area contributed by atoms with E-state index in [-0.39, 0.29) is 31.1 Å². The molecule has 7 heteroatoms. The van der Waals surface area contributed by atoms with Crippen molar-refractivity contribution in [3.8, 4) is 5.75 Å². The van der Waals surface area contributed by atoms with E-state index < -0.39 is 6.10 Å². The Balaban J connectivity index is 1.53. The van der Waals surface area contributed by atoms with Crippen LogP contribution < -0.4 is 4.74 Å². The summed E-state index contributed by atoms with van der Waals surface area (Å²) < 4.78 is 5.43. The van der Waals surface area contributed by atoms with E-state index in [4.69, 9.17) is 16.3 Å². The number of β-amino-alcohol motifs (C(OH)–C–C–N with tert-alkyl or cyclic N) is 1. The lowest BCUT2D eigenvalue weighted by Gasteiger charge is -2.19. The Morgan fingerprint density at radius 2 is 2.05 bits per heavy atom. The Morgan fingerprint density at radius 1 is 1.32 bits per heavy atom. The van der Waals surface area contributed by atoms with E-state index in [9.17, 15) is 14.7 Å². The first-order valence-corrected chi connectivity index (χ1v) is 7.62. The molecule has 0 spiro atoms. The number of aliphatic hydroxyl groups excluding tert-OH is 1. The van der Waals surface area contributed by atoms with Gasteiger partial charge in [-0.3, -0.25) is 9.69 Å². The van der Waals surface area contributed by atoms with Crippen molar-refractivity contribution in [2.45, 2.75) is 25.0 Å². The Bertz CT molecular complexity index is 555. The molecule has 2 fully saturated rings. The Labute approximate surface area is 133 Å². The van der Waals surface area contributed by atoms with Gasteiger partial charge in [0.25, 0.3) is 5.91 Å². The van der Waals surface area contributed by atoms with Gasteiger partial charge in [-0.2, -0.15) is 0 Å². The van der Waals surface area contributed by atoms with E-state index in [1.807, 2.05) is 0 Å². The van der Waals surface area contributed by atoms with Crippen molar-refractivity contribution in [3.05, 3.63) is 29.3 Å². The van der Waals surface area contributed by atoms with Crippen molar-refractivity contribution in [3.63, 3.8) is 0 Å². The molecule has 2 aliphatic rings. The van der Waals surface area contributed by atoms with Gasteiger partial charge in [-0.25, -0.2) is 4.79 Å². The van der Waals surface area contributed by atoms with Crippen molar-refractivity contribution in [1.82, 2.24) is 9.80 Å². The van der Waals surface area contributed by atoms with Crippen LogP contribution in [0.15, 0.2) is 24.3 Å². The van der Waals surface area contributed by atoms with Crippen LogP contribution in [0.2, 0.25) is 5.02 Å². The van der Waals surface area contributed by atoms with Crippen LogP contribution in [0.25, 0.3) is 0 Å². The second-order valence-corrected chi connectivity index (χ2v) is 5.94. The fourth-order valence-electron chi connectivity index (χ4n) is 2.84. The third kappa shape index (κ3) is 2.89. The van der Waals surface area contributed by atoms with Gasteiger partial charge in [-0.15, -0.1) is 0 Å². The van der Waals surface area contributed by atoms with Crippen molar-refractivity contribution in [2.24, 2.45) is 0 Å². The average molecular weight is 325 g/mol. The molecule has 1 N–H and O–H groups in total. The SMILES string of the molecule is O=C1[C@H]2CCCN2C(=O)N1C[C@@H](O)COc1ccc(Cl)cc1. The predicted molar refractivity (Wildman–Crippen MR) is 79.8 cm³/mol. The Kier molecular flexibility index (Phi) is 4.22. The number of ether oxygens (including phenoxy) is 1. The van der Waals surface area contributed by atoms with Gasteiger partial charge < -0.3 is 14.7 Å². The zero-order chi connectivity index (χ0) is 15.7. The third-order valence-electron chi connectivity index (χ3n) is 3.93. The minimum absolute atomic E-state index is 0.00333. The summed E-state index contributed by atoms with van der Waals surface area (Å²) in [5.74, 6) is 0.358. The first kappa shape index (κ1) is 15.1. The van der Waals surface area contributed by atoms with E-state index in [2.05, 4.69) is 0 Å². The van der Waals surface area contributed by atoms with Crippen molar-refractivity contribution in [1.29, 1.82) is 0 Å². The molecule has 0 aliphatic carbocycles. The summed E-state index contributed by atoms with van der Waals surface area (Å²) in [5.41, 5.74) is 0. The maximum atomic E-state index is 12.1. The number of benzene rings is 1. The third-order valence-corrected chi connectivity index (χ3v) is 4.18. The Hall–Kier alpha value is -1.79. The molecule has 3 amide bonds. The lowest BCUT2D eigenvalue weighted by molar-refractivity contribution is -0.129. The summed E-state index contributed by atoms with van der Waals surface area (Å²) >= 11 is 5.78. The summed E-state index contributed by atoms with van der Waals surface area (Å²) in [6.07, 6.45) is 0.639. The maximum Gasteiger partial charge on any atom is 0.327 e. The number of carbonyl (C=O) groups is 2. The zero-order valence-electron chi connectivity index (χ0n) is 11.9. The molecule has 2 aliphatic heterocycles. The zero-order valence-corrected chi connectivity index (χ0v) is 12.7. The number of fused-ring (bicyclic) bond motifs is 1. The number of rotatable bonds is 5. The van der Waals surface area contributed by atoms with Gasteiger partial charge in [0.05, 0.1) is 6.54 Å². The van der Waals surface area contributed by atoms with Crippen LogP contribution in [-0.2, 0) is 4.79 Å². The van der Waals surface area contributed by atoms with Gasteiger partial charge in [-0.05, 0) is 37.1 Å². The van der Waals surface area contributed by atoms with Gasteiger partial charge in [0.15, 0.2) is 0 Å². The topological polar surface area (TPSA) is 70.1 Å². The molecule has 0 aromatic heterocycles. The highest BCUT2D eigenvalue weighted by Gasteiger charge is 2.47. The maximum absolute atomic E-state index is 12.1. The molecule has 1 aromatic carbocycles. The molecule has 2 atom stereocenters. The summed E-state index contributed by atoms with van der Waals surface area (Å²) in [7, 11) is 0. The van der Waals surface area contributed by atoms with Gasteiger partial charge >= 0.3 is 6.03 Å². The first-order valence-electron chi connectivity index (χ1n) is 7.24. The molecule has 22 heavy (non-hydrogen) atoms. The minimum Gasteiger partial charge on any atom is -0.491 e. The summed E-state index contributed by atoms with van der Waals surface area (Å²) in [5, 5.41) is 10.6. The van der Waals surface area contributed by atoms with Crippen LogP contribution in [0.5, 0.6) is 5.75 Å². The van der Waals surface area contributed by atoms with Crippen LogP contribution in [-0.4, -0.2) is 58.7 Å².